The first-order valence-corrected chi connectivity index (χ1v) is 8.06. The van der Waals surface area contributed by atoms with Crippen molar-refractivity contribution < 1.29 is 9.90 Å². The van der Waals surface area contributed by atoms with E-state index in [0.717, 1.165) is 38.5 Å². The summed E-state index contributed by atoms with van der Waals surface area (Å²) in [6.07, 6.45) is 5.32. The number of aliphatic carboxylic acids is 1. The molecule has 2 aromatic carbocycles. The quantitative estimate of drug-likeness (QED) is 0.726. The highest BCUT2D eigenvalue weighted by atomic mass is 16.4. The van der Waals surface area contributed by atoms with Gasteiger partial charge in [0.2, 0.25) is 0 Å². The largest absolute Gasteiger partial charge is 0.481 e. The molecule has 2 heteroatoms. The number of rotatable bonds is 9. The maximum Gasteiger partial charge on any atom is 0.306 e. The Balaban J connectivity index is 1.72. The lowest BCUT2D eigenvalue weighted by Gasteiger charge is -2.12. The summed E-state index contributed by atoms with van der Waals surface area (Å²) in [7, 11) is 0. The van der Waals surface area contributed by atoms with Crippen molar-refractivity contribution in [2.75, 3.05) is 0 Å². The minimum Gasteiger partial charge on any atom is -0.481 e. The minimum absolute atomic E-state index is 0.215. The molecule has 0 amide bonds. The average molecular weight is 296 g/mol. The molecule has 0 unspecified atom stereocenters. The third kappa shape index (κ3) is 5.72. The highest BCUT2D eigenvalue weighted by Gasteiger charge is 2.16. The van der Waals surface area contributed by atoms with Gasteiger partial charge in [-0.3, -0.25) is 4.79 Å². The van der Waals surface area contributed by atoms with Crippen molar-refractivity contribution in [2.24, 2.45) is 5.92 Å². The van der Waals surface area contributed by atoms with E-state index >= 15 is 0 Å². The van der Waals surface area contributed by atoms with Crippen LogP contribution in [0.2, 0.25) is 0 Å². The molecule has 0 bridgehead atoms. The Morgan fingerprint density at radius 3 is 1.55 bits per heavy atom. The maximum absolute atomic E-state index is 11.4. The molecule has 0 spiro atoms. The van der Waals surface area contributed by atoms with E-state index in [9.17, 15) is 9.90 Å². The molecule has 0 fully saturated rings. The van der Waals surface area contributed by atoms with Gasteiger partial charge in [-0.05, 0) is 49.7 Å². The minimum atomic E-state index is -0.652. The van der Waals surface area contributed by atoms with Gasteiger partial charge in [0.1, 0.15) is 0 Å². The molecule has 2 aromatic rings. The summed E-state index contributed by atoms with van der Waals surface area (Å²) in [5, 5.41) is 9.37. The zero-order chi connectivity index (χ0) is 15.6. The van der Waals surface area contributed by atoms with Crippen LogP contribution in [0, 0.1) is 5.92 Å². The van der Waals surface area contributed by atoms with Crippen LogP contribution in [0.15, 0.2) is 60.7 Å². The van der Waals surface area contributed by atoms with Gasteiger partial charge < -0.3 is 5.11 Å². The summed E-state index contributed by atoms with van der Waals surface area (Å²) in [4.78, 5) is 11.4. The molecule has 0 atom stereocenters. The average Bonchev–Trinajstić information content (AvgIpc) is 2.55. The molecule has 0 saturated heterocycles. The van der Waals surface area contributed by atoms with Crippen molar-refractivity contribution in [1.29, 1.82) is 0 Å². The predicted octanol–water partition coefficient (Wildman–Crippen LogP) is 4.73. The number of carbonyl (C=O) groups is 1. The Kier molecular flexibility index (Phi) is 6.69. The van der Waals surface area contributed by atoms with E-state index in [0.29, 0.717) is 0 Å². The summed E-state index contributed by atoms with van der Waals surface area (Å²) in [5.41, 5.74) is 2.58. The fourth-order valence-electron chi connectivity index (χ4n) is 2.79. The smallest absolute Gasteiger partial charge is 0.306 e. The van der Waals surface area contributed by atoms with Crippen LogP contribution in [0.3, 0.4) is 0 Å². The summed E-state index contributed by atoms with van der Waals surface area (Å²) in [6.45, 7) is 0. The predicted molar refractivity (Wildman–Crippen MR) is 89.9 cm³/mol. The SMILES string of the molecule is O=C(O)C(CCCc1ccccc1)CCCc1ccccc1. The second-order valence-corrected chi connectivity index (χ2v) is 5.79. The molecule has 22 heavy (non-hydrogen) atoms. The van der Waals surface area contributed by atoms with Gasteiger partial charge in [-0.1, -0.05) is 60.7 Å². The first kappa shape index (κ1) is 16.3. The molecule has 0 radical (unpaired) electrons. The van der Waals surface area contributed by atoms with Crippen LogP contribution in [0.5, 0.6) is 0 Å². The van der Waals surface area contributed by atoms with Crippen molar-refractivity contribution in [1.82, 2.24) is 0 Å². The monoisotopic (exact) mass is 296 g/mol. The van der Waals surface area contributed by atoms with E-state index in [1.807, 2.05) is 36.4 Å². The molecular formula is C20H24O2. The van der Waals surface area contributed by atoms with E-state index in [-0.39, 0.29) is 5.92 Å². The Bertz CT molecular complexity index is 503. The Morgan fingerprint density at radius 1 is 0.773 bits per heavy atom. The van der Waals surface area contributed by atoms with Crippen LogP contribution in [0.25, 0.3) is 0 Å². The van der Waals surface area contributed by atoms with E-state index in [1.54, 1.807) is 0 Å². The van der Waals surface area contributed by atoms with Crippen LogP contribution in [-0.2, 0) is 17.6 Å². The third-order valence-electron chi connectivity index (χ3n) is 4.07. The summed E-state index contributed by atoms with van der Waals surface area (Å²) < 4.78 is 0. The van der Waals surface area contributed by atoms with Gasteiger partial charge in [0.05, 0.1) is 5.92 Å². The van der Waals surface area contributed by atoms with Gasteiger partial charge in [0, 0.05) is 0 Å². The first-order valence-electron chi connectivity index (χ1n) is 8.06. The van der Waals surface area contributed by atoms with Crippen LogP contribution in [-0.4, -0.2) is 11.1 Å². The van der Waals surface area contributed by atoms with Crippen LogP contribution >= 0.6 is 0 Å². The lowest BCUT2D eigenvalue weighted by atomic mass is 9.93. The van der Waals surface area contributed by atoms with Crippen molar-refractivity contribution in [2.45, 2.75) is 38.5 Å². The number of hydrogen-bond acceptors (Lipinski definition) is 1. The molecular weight excluding hydrogens is 272 g/mol. The zero-order valence-electron chi connectivity index (χ0n) is 12.9. The number of hydrogen-bond donors (Lipinski definition) is 1. The number of carboxylic acid groups (broad SMARTS) is 1. The second kappa shape index (κ2) is 9.04. The van der Waals surface area contributed by atoms with Crippen molar-refractivity contribution >= 4 is 5.97 Å². The van der Waals surface area contributed by atoms with Crippen LogP contribution in [0.4, 0.5) is 0 Å². The van der Waals surface area contributed by atoms with Gasteiger partial charge in [-0.15, -0.1) is 0 Å². The molecule has 2 rings (SSSR count). The molecule has 0 aromatic heterocycles. The first-order chi connectivity index (χ1) is 10.8. The molecule has 0 aliphatic rings. The lowest BCUT2D eigenvalue weighted by molar-refractivity contribution is -0.142. The lowest BCUT2D eigenvalue weighted by Crippen LogP contribution is -2.14. The highest BCUT2D eigenvalue weighted by Crippen LogP contribution is 2.18. The van der Waals surface area contributed by atoms with Crippen molar-refractivity contribution in [3.63, 3.8) is 0 Å². The fraction of sp³-hybridized carbons (Fsp3) is 0.350. The second-order valence-electron chi connectivity index (χ2n) is 5.79. The molecule has 0 aliphatic carbocycles. The summed E-state index contributed by atoms with van der Waals surface area (Å²) in [6, 6.07) is 20.6. The Hall–Kier alpha value is -2.09. The molecule has 116 valence electrons. The molecule has 2 nitrogen and oxygen atoms in total. The fourth-order valence-corrected chi connectivity index (χ4v) is 2.79. The topological polar surface area (TPSA) is 37.3 Å². The number of benzene rings is 2. The Labute approximate surface area is 132 Å². The van der Waals surface area contributed by atoms with Gasteiger partial charge in [0.15, 0.2) is 0 Å². The van der Waals surface area contributed by atoms with E-state index in [1.165, 1.54) is 11.1 Å². The Morgan fingerprint density at radius 2 is 1.18 bits per heavy atom. The van der Waals surface area contributed by atoms with Crippen molar-refractivity contribution in [3.05, 3.63) is 71.8 Å². The zero-order valence-corrected chi connectivity index (χ0v) is 12.9. The standard InChI is InChI=1S/C20H24O2/c21-20(22)19(15-7-13-17-9-3-1-4-10-17)16-8-14-18-11-5-2-6-12-18/h1-6,9-12,19H,7-8,13-16H2,(H,21,22). The van der Waals surface area contributed by atoms with Gasteiger partial charge >= 0.3 is 5.97 Å². The summed E-state index contributed by atoms with van der Waals surface area (Å²) >= 11 is 0. The van der Waals surface area contributed by atoms with Crippen molar-refractivity contribution in [3.8, 4) is 0 Å². The third-order valence-corrected chi connectivity index (χ3v) is 4.07. The summed E-state index contributed by atoms with van der Waals surface area (Å²) in [5.74, 6) is -0.867. The normalized spacial score (nSPS) is 10.8. The number of carboxylic acids is 1. The maximum atomic E-state index is 11.4. The molecule has 0 aliphatic heterocycles. The molecule has 0 heterocycles. The van der Waals surface area contributed by atoms with E-state index < -0.39 is 5.97 Å². The highest BCUT2D eigenvalue weighted by molar-refractivity contribution is 5.69. The number of aryl methyl sites for hydroxylation is 2. The van der Waals surface area contributed by atoms with Crippen LogP contribution < -0.4 is 0 Å². The van der Waals surface area contributed by atoms with Gasteiger partial charge in [-0.2, -0.15) is 0 Å². The molecule has 1 N–H and O–H groups in total. The van der Waals surface area contributed by atoms with Gasteiger partial charge in [-0.25, -0.2) is 0 Å². The van der Waals surface area contributed by atoms with E-state index in [2.05, 4.69) is 24.3 Å². The van der Waals surface area contributed by atoms with Gasteiger partial charge in [0.25, 0.3) is 0 Å². The van der Waals surface area contributed by atoms with Crippen LogP contribution in [0.1, 0.15) is 36.8 Å². The van der Waals surface area contributed by atoms with E-state index in [4.69, 9.17) is 0 Å². The molecule has 0 saturated carbocycles.